The fraction of sp³-hybridized carbons (Fsp3) is 0.588. The minimum absolute atomic E-state index is 0.539. The molecule has 2 N–H and O–H groups in total. The second-order valence-corrected chi connectivity index (χ2v) is 5.15. The number of guanidine groups is 1. The molecule has 0 saturated heterocycles. The summed E-state index contributed by atoms with van der Waals surface area (Å²) in [5.74, 6) is 1.65. The molecular formula is C17H29N3O3. The molecule has 0 unspecified atom stereocenters. The third-order valence-corrected chi connectivity index (χ3v) is 3.26. The number of nitrogens with one attached hydrogen (secondary N) is 2. The monoisotopic (exact) mass is 323 g/mol. The Morgan fingerprint density at radius 2 is 1.87 bits per heavy atom. The molecule has 6 nitrogen and oxygen atoms in total. The maximum absolute atomic E-state index is 5.80. The van der Waals surface area contributed by atoms with E-state index in [9.17, 15) is 0 Å². The fourth-order valence-electron chi connectivity index (χ4n) is 2.00. The van der Waals surface area contributed by atoms with Crippen LogP contribution in [-0.2, 0) is 16.0 Å². The summed E-state index contributed by atoms with van der Waals surface area (Å²) in [4.78, 5) is 4.22. The lowest BCUT2D eigenvalue weighted by Gasteiger charge is -2.15. The number of aryl methyl sites for hydroxylation is 1. The zero-order valence-electron chi connectivity index (χ0n) is 14.6. The minimum Gasteiger partial charge on any atom is -0.491 e. The van der Waals surface area contributed by atoms with E-state index in [-0.39, 0.29) is 0 Å². The van der Waals surface area contributed by atoms with Crippen molar-refractivity contribution in [3.05, 3.63) is 29.3 Å². The second-order valence-electron chi connectivity index (χ2n) is 5.15. The van der Waals surface area contributed by atoms with Crippen molar-refractivity contribution in [1.82, 2.24) is 10.6 Å². The SMILES string of the molecule is CN=C(NCCCOC)NCc1ccc(C)cc1OCCOC. The molecule has 1 rings (SSSR count). The van der Waals surface area contributed by atoms with Crippen LogP contribution >= 0.6 is 0 Å². The minimum atomic E-state index is 0.539. The van der Waals surface area contributed by atoms with E-state index in [1.165, 1.54) is 5.56 Å². The van der Waals surface area contributed by atoms with Crippen molar-refractivity contribution < 1.29 is 14.2 Å². The molecule has 130 valence electrons. The van der Waals surface area contributed by atoms with Crippen LogP contribution in [0.15, 0.2) is 23.2 Å². The third kappa shape index (κ3) is 7.85. The third-order valence-electron chi connectivity index (χ3n) is 3.26. The zero-order chi connectivity index (χ0) is 16.9. The van der Waals surface area contributed by atoms with E-state index in [2.05, 4.69) is 34.7 Å². The summed E-state index contributed by atoms with van der Waals surface area (Å²) in [5.41, 5.74) is 2.26. The van der Waals surface area contributed by atoms with Gasteiger partial charge in [0.05, 0.1) is 6.61 Å². The van der Waals surface area contributed by atoms with E-state index in [1.54, 1.807) is 21.3 Å². The van der Waals surface area contributed by atoms with Gasteiger partial charge in [-0.1, -0.05) is 12.1 Å². The first-order chi connectivity index (χ1) is 11.2. The Morgan fingerprint density at radius 3 is 2.57 bits per heavy atom. The van der Waals surface area contributed by atoms with Crippen LogP contribution in [0.2, 0.25) is 0 Å². The summed E-state index contributed by atoms with van der Waals surface area (Å²) < 4.78 is 15.9. The lowest BCUT2D eigenvalue weighted by molar-refractivity contribution is 0.145. The van der Waals surface area contributed by atoms with Crippen LogP contribution in [0, 0.1) is 6.92 Å². The van der Waals surface area contributed by atoms with Gasteiger partial charge in [0, 0.05) is 46.5 Å². The summed E-state index contributed by atoms with van der Waals surface area (Å²) in [6.07, 6.45) is 0.938. The van der Waals surface area contributed by atoms with E-state index in [4.69, 9.17) is 14.2 Å². The molecule has 23 heavy (non-hydrogen) atoms. The van der Waals surface area contributed by atoms with Gasteiger partial charge in [0.1, 0.15) is 12.4 Å². The topological polar surface area (TPSA) is 64.1 Å². The Hall–Kier alpha value is -1.79. The van der Waals surface area contributed by atoms with Crippen LogP contribution in [0.4, 0.5) is 0 Å². The van der Waals surface area contributed by atoms with Gasteiger partial charge in [-0.2, -0.15) is 0 Å². The van der Waals surface area contributed by atoms with Gasteiger partial charge in [0.25, 0.3) is 0 Å². The number of hydrogen-bond acceptors (Lipinski definition) is 4. The predicted molar refractivity (Wildman–Crippen MR) is 93.2 cm³/mol. The van der Waals surface area contributed by atoms with Crippen molar-refractivity contribution in [2.75, 3.05) is 47.6 Å². The second kappa shape index (κ2) is 11.7. The van der Waals surface area contributed by atoms with Crippen LogP contribution in [-0.4, -0.2) is 53.6 Å². The van der Waals surface area contributed by atoms with Crippen molar-refractivity contribution in [2.45, 2.75) is 19.9 Å². The molecule has 0 amide bonds. The zero-order valence-corrected chi connectivity index (χ0v) is 14.6. The molecule has 1 aromatic rings. The highest BCUT2D eigenvalue weighted by atomic mass is 16.5. The molecule has 1 aromatic carbocycles. The normalized spacial score (nSPS) is 11.4. The number of aliphatic imine (C=N–C) groups is 1. The van der Waals surface area contributed by atoms with Gasteiger partial charge in [0.2, 0.25) is 0 Å². The molecule has 6 heteroatoms. The standard InChI is InChI=1S/C17H29N3O3/c1-14-6-7-15(16(12-14)23-11-10-22-4)13-20-17(18-2)19-8-5-9-21-3/h6-7,12H,5,8-11,13H2,1-4H3,(H2,18,19,20). The Kier molecular flexibility index (Phi) is 9.83. The molecular weight excluding hydrogens is 294 g/mol. The molecule has 0 aliphatic heterocycles. The number of nitrogens with zero attached hydrogens (tertiary/aromatic N) is 1. The van der Waals surface area contributed by atoms with Gasteiger partial charge in [-0.15, -0.1) is 0 Å². The summed E-state index contributed by atoms with van der Waals surface area (Å²) in [6.45, 7) is 5.36. The van der Waals surface area contributed by atoms with Crippen molar-refractivity contribution in [1.29, 1.82) is 0 Å². The van der Waals surface area contributed by atoms with Crippen molar-refractivity contribution >= 4 is 5.96 Å². The van der Waals surface area contributed by atoms with E-state index in [0.29, 0.717) is 19.8 Å². The first-order valence-corrected chi connectivity index (χ1v) is 7.86. The highest BCUT2D eigenvalue weighted by Gasteiger charge is 2.06. The molecule has 0 spiro atoms. The Morgan fingerprint density at radius 1 is 1.09 bits per heavy atom. The number of hydrogen-bond donors (Lipinski definition) is 2. The molecule has 0 atom stereocenters. The van der Waals surface area contributed by atoms with Crippen LogP contribution in [0.3, 0.4) is 0 Å². The number of methoxy groups -OCH3 is 2. The average Bonchev–Trinajstić information content (AvgIpc) is 2.56. The van der Waals surface area contributed by atoms with E-state index < -0.39 is 0 Å². The number of rotatable bonds is 10. The van der Waals surface area contributed by atoms with Gasteiger partial charge in [-0.05, 0) is 25.0 Å². The van der Waals surface area contributed by atoms with Crippen LogP contribution in [0.5, 0.6) is 5.75 Å². The highest BCUT2D eigenvalue weighted by Crippen LogP contribution is 2.20. The van der Waals surface area contributed by atoms with E-state index >= 15 is 0 Å². The van der Waals surface area contributed by atoms with Crippen LogP contribution < -0.4 is 15.4 Å². The van der Waals surface area contributed by atoms with Gasteiger partial charge >= 0.3 is 0 Å². The maximum Gasteiger partial charge on any atom is 0.191 e. The summed E-state index contributed by atoms with van der Waals surface area (Å²) in [7, 11) is 5.13. The summed E-state index contributed by atoms with van der Waals surface area (Å²) in [6, 6.07) is 6.19. The summed E-state index contributed by atoms with van der Waals surface area (Å²) in [5, 5.41) is 6.56. The molecule has 0 bridgehead atoms. The van der Waals surface area contributed by atoms with Gasteiger partial charge in [0.15, 0.2) is 5.96 Å². The number of ether oxygens (including phenoxy) is 3. The average molecular weight is 323 g/mol. The Labute approximate surface area is 139 Å². The van der Waals surface area contributed by atoms with Crippen LogP contribution in [0.1, 0.15) is 17.5 Å². The molecule has 0 aromatic heterocycles. The molecule has 0 fully saturated rings. The molecule has 0 aliphatic carbocycles. The quantitative estimate of drug-likeness (QED) is 0.390. The molecule has 0 saturated carbocycles. The van der Waals surface area contributed by atoms with Crippen molar-refractivity contribution in [3.8, 4) is 5.75 Å². The first kappa shape index (κ1) is 19.3. The highest BCUT2D eigenvalue weighted by molar-refractivity contribution is 5.79. The largest absolute Gasteiger partial charge is 0.491 e. The maximum atomic E-state index is 5.80. The fourth-order valence-corrected chi connectivity index (χ4v) is 2.00. The lowest BCUT2D eigenvalue weighted by atomic mass is 10.1. The lowest BCUT2D eigenvalue weighted by Crippen LogP contribution is -2.37. The Balaban J connectivity index is 2.54. The molecule has 0 aliphatic rings. The molecule has 0 radical (unpaired) electrons. The van der Waals surface area contributed by atoms with Gasteiger partial charge < -0.3 is 24.8 Å². The Bertz CT molecular complexity index is 478. The predicted octanol–water partition coefficient (Wildman–Crippen LogP) is 1.72. The van der Waals surface area contributed by atoms with Gasteiger partial charge in [-0.3, -0.25) is 4.99 Å². The number of benzene rings is 1. The molecule has 0 heterocycles. The van der Waals surface area contributed by atoms with Gasteiger partial charge in [-0.25, -0.2) is 0 Å². The first-order valence-electron chi connectivity index (χ1n) is 7.86. The smallest absolute Gasteiger partial charge is 0.191 e. The van der Waals surface area contributed by atoms with Crippen molar-refractivity contribution in [2.24, 2.45) is 4.99 Å². The van der Waals surface area contributed by atoms with E-state index in [1.807, 2.05) is 6.07 Å². The van der Waals surface area contributed by atoms with Crippen LogP contribution in [0.25, 0.3) is 0 Å². The summed E-state index contributed by atoms with van der Waals surface area (Å²) >= 11 is 0. The van der Waals surface area contributed by atoms with E-state index in [0.717, 1.165) is 36.8 Å². The van der Waals surface area contributed by atoms with Crippen molar-refractivity contribution in [3.63, 3.8) is 0 Å².